The summed E-state index contributed by atoms with van der Waals surface area (Å²) in [5.74, 6) is 0.998. The minimum absolute atomic E-state index is 0.0680. The van der Waals surface area contributed by atoms with Crippen molar-refractivity contribution in [1.29, 1.82) is 0 Å². The van der Waals surface area contributed by atoms with E-state index in [2.05, 4.69) is 40.1 Å². The third-order valence-corrected chi connectivity index (χ3v) is 6.72. The minimum Gasteiger partial charge on any atom is -0.453 e. The molecule has 1 saturated heterocycles. The number of H-pyrrole nitrogens is 1. The summed E-state index contributed by atoms with van der Waals surface area (Å²) in [5.41, 5.74) is 1.82. The molecular weight excluding hydrogens is 460 g/mol. The Kier molecular flexibility index (Phi) is 7.62. The highest BCUT2D eigenvalue weighted by Crippen LogP contribution is 2.42. The van der Waals surface area contributed by atoms with Gasteiger partial charge in [0.2, 0.25) is 5.91 Å². The van der Waals surface area contributed by atoms with Gasteiger partial charge in [-0.25, -0.2) is 9.78 Å². The third-order valence-electron chi connectivity index (χ3n) is 6.22. The standard InChI is InChI=1S/C23H33BrN4O3/c1-6-7-8-18-14(4)11-19(21-25-16-10-9-15(24)12-17(16)26-21)28(18)22(29)20(13(2)3)27-23(30)31-5/h9-10,12-14,18-20H,6-8,11H2,1-5H3,(H,25,26)(H,27,30). The molecule has 0 bridgehead atoms. The average Bonchev–Trinajstić information content (AvgIpc) is 3.29. The van der Waals surface area contributed by atoms with E-state index in [-0.39, 0.29) is 23.9 Å². The van der Waals surface area contributed by atoms with Crippen LogP contribution in [0, 0.1) is 11.8 Å². The first-order valence-corrected chi connectivity index (χ1v) is 11.9. The summed E-state index contributed by atoms with van der Waals surface area (Å²) < 4.78 is 5.75. The van der Waals surface area contributed by atoms with Crippen molar-refractivity contribution in [2.24, 2.45) is 11.8 Å². The van der Waals surface area contributed by atoms with Crippen LogP contribution in [-0.2, 0) is 9.53 Å². The van der Waals surface area contributed by atoms with E-state index in [1.165, 1.54) is 7.11 Å². The van der Waals surface area contributed by atoms with Crippen LogP contribution >= 0.6 is 15.9 Å². The van der Waals surface area contributed by atoms with Gasteiger partial charge in [0.25, 0.3) is 0 Å². The van der Waals surface area contributed by atoms with Crippen molar-refractivity contribution >= 4 is 39.0 Å². The Morgan fingerprint density at radius 3 is 2.77 bits per heavy atom. The fourth-order valence-electron chi connectivity index (χ4n) is 4.54. The van der Waals surface area contributed by atoms with Gasteiger partial charge in [-0.3, -0.25) is 4.79 Å². The number of aromatic amines is 1. The smallest absolute Gasteiger partial charge is 0.407 e. The maximum atomic E-state index is 13.8. The van der Waals surface area contributed by atoms with E-state index in [1.807, 2.05) is 36.9 Å². The van der Waals surface area contributed by atoms with E-state index in [9.17, 15) is 9.59 Å². The molecule has 1 aliphatic rings. The van der Waals surface area contributed by atoms with Crippen molar-refractivity contribution in [2.45, 2.75) is 71.5 Å². The molecule has 2 heterocycles. The summed E-state index contributed by atoms with van der Waals surface area (Å²) in [4.78, 5) is 36.0. The number of likely N-dealkylation sites (tertiary alicyclic amines) is 1. The number of methoxy groups -OCH3 is 1. The van der Waals surface area contributed by atoms with Crippen LogP contribution in [0.5, 0.6) is 0 Å². The molecule has 31 heavy (non-hydrogen) atoms. The fraction of sp³-hybridized carbons (Fsp3) is 0.609. The molecule has 3 rings (SSSR count). The van der Waals surface area contributed by atoms with Crippen LogP contribution < -0.4 is 5.32 Å². The number of nitrogens with one attached hydrogen (secondary N) is 2. The number of benzene rings is 1. The highest BCUT2D eigenvalue weighted by atomic mass is 79.9. The quantitative estimate of drug-likeness (QED) is 0.557. The van der Waals surface area contributed by atoms with Crippen molar-refractivity contribution in [3.05, 3.63) is 28.5 Å². The van der Waals surface area contributed by atoms with E-state index >= 15 is 0 Å². The number of carbonyl (C=O) groups is 2. The topological polar surface area (TPSA) is 87.3 Å². The summed E-state index contributed by atoms with van der Waals surface area (Å²) in [6, 6.07) is 5.23. The third kappa shape index (κ3) is 5.05. The van der Waals surface area contributed by atoms with Gasteiger partial charge in [0.05, 0.1) is 24.2 Å². The predicted molar refractivity (Wildman–Crippen MR) is 125 cm³/mol. The summed E-state index contributed by atoms with van der Waals surface area (Å²) in [7, 11) is 1.31. The van der Waals surface area contributed by atoms with E-state index in [4.69, 9.17) is 9.72 Å². The first-order chi connectivity index (χ1) is 14.8. The molecule has 8 heteroatoms. The number of alkyl carbamates (subject to hydrolysis) is 1. The lowest BCUT2D eigenvalue weighted by Gasteiger charge is -2.35. The molecule has 2 aromatic rings. The lowest BCUT2D eigenvalue weighted by molar-refractivity contribution is -0.138. The van der Waals surface area contributed by atoms with E-state index in [0.29, 0.717) is 5.92 Å². The molecule has 7 nitrogen and oxygen atoms in total. The molecule has 0 spiro atoms. The molecule has 2 amide bonds. The van der Waals surface area contributed by atoms with Gasteiger partial charge >= 0.3 is 6.09 Å². The molecule has 2 N–H and O–H groups in total. The second-order valence-corrected chi connectivity index (χ2v) is 9.74. The first-order valence-electron chi connectivity index (χ1n) is 11.1. The molecule has 0 aliphatic carbocycles. The Morgan fingerprint density at radius 2 is 2.13 bits per heavy atom. The van der Waals surface area contributed by atoms with Gasteiger partial charge in [-0.2, -0.15) is 0 Å². The zero-order valence-electron chi connectivity index (χ0n) is 18.9. The number of unbranched alkanes of at least 4 members (excludes halogenated alkanes) is 1. The average molecular weight is 493 g/mol. The van der Waals surface area contributed by atoms with Crippen molar-refractivity contribution in [3.8, 4) is 0 Å². The van der Waals surface area contributed by atoms with E-state index in [1.54, 1.807) is 0 Å². The number of carbonyl (C=O) groups excluding carboxylic acids is 2. The van der Waals surface area contributed by atoms with Crippen LogP contribution in [0.25, 0.3) is 11.0 Å². The summed E-state index contributed by atoms with van der Waals surface area (Å²) in [5, 5.41) is 2.75. The number of rotatable bonds is 7. The number of halogens is 1. The van der Waals surface area contributed by atoms with Gasteiger partial charge in [-0.15, -0.1) is 0 Å². The number of fused-ring (bicyclic) bond motifs is 1. The molecule has 4 unspecified atom stereocenters. The van der Waals surface area contributed by atoms with Gasteiger partial charge in [0.1, 0.15) is 11.9 Å². The molecule has 0 saturated carbocycles. The Balaban J connectivity index is 1.99. The van der Waals surface area contributed by atoms with Crippen molar-refractivity contribution in [3.63, 3.8) is 0 Å². The summed E-state index contributed by atoms with van der Waals surface area (Å²) >= 11 is 3.51. The van der Waals surface area contributed by atoms with E-state index < -0.39 is 12.1 Å². The van der Waals surface area contributed by atoms with Crippen LogP contribution in [0.3, 0.4) is 0 Å². The van der Waals surface area contributed by atoms with E-state index in [0.717, 1.165) is 47.0 Å². The molecule has 1 aliphatic heterocycles. The Labute approximate surface area is 192 Å². The Bertz CT molecular complexity index is 929. The maximum Gasteiger partial charge on any atom is 0.407 e. The highest BCUT2D eigenvalue weighted by molar-refractivity contribution is 9.10. The number of nitrogens with zero attached hydrogens (tertiary/aromatic N) is 2. The molecule has 1 aromatic heterocycles. The monoisotopic (exact) mass is 492 g/mol. The Morgan fingerprint density at radius 1 is 1.39 bits per heavy atom. The number of amides is 2. The molecule has 4 atom stereocenters. The normalized spacial score (nSPS) is 22.2. The number of hydrogen-bond donors (Lipinski definition) is 2. The van der Waals surface area contributed by atoms with Crippen molar-refractivity contribution in [2.75, 3.05) is 7.11 Å². The van der Waals surface area contributed by atoms with Crippen LogP contribution in [0.15, 0.2) is 22.7 Å². The number of hydrogen-bond acceptors (Lipinski definition) is 4. The maximum absolute atomic E-state index is 13.8. The van der Waals surface area contributed by atoms with Gasteiger partial charge in [0.15, 0.2) is 0 Å². The van der Waals surface area contributed by atoms with Crippen LogP contribution in [-0.4, -0.2) is 46.1 Å². The first kappa shape index (κ1) is 23.6. The molecule has 170 valence electrons. The molecule has 1 aromatic carbocycles. The number of aromatic nitrogens is 2. The van der Waals surface area contributed by atoms with Gasteiger partial charge in [0, 0.05) is 10.5 Å². The van der Waals surface area contributed by atoms with Crippen molar-refractivity contribution in [1.82, 2.24) is 20.2 Å². The minimum atomic E-state index is -0.650. The molecule has 1 fully saturated rings. The van der Waals surface area contributed by atoms with Gasteiger partial charge < -0.3 is 19.9 Å². The van der Waals surface area contributed by atoms with Crippen LogP contribution in [0.2, 0.25) is 0 Å². The highest BCUT2D eigenvalue weighted by Gasteiger charge is 2.45. The zero-order valence-corrected chi connectivity index (χ0v) is 20.5. The van der Waals surface area contributed by atoms with Gasteiger partial charge in [-0.1, -0.05) is 56.5 Å². The predicted octanol–water partition coefficient (Wildman–Crippen LogP) is 5.17. The largest absolute Gasteiger partial charge is 0.453 e. The lowest BCUT2D eigenvalue weighted by Crippen LogP contribution is -2.53. The number of imidazole rings is 1. The summed E-state index contributed by atoms with van der Waals surface area (Å²) in [6.45, 7) is 8.24. The SMILES string of the molecule is CCCCC1C(C)CC(c2nc3ccc(Br)cc3[nH]2)N1C(=O)C(NC(=O)OC)C(C)C. The fourth-order valence-corrected chi connectivity index (χ4v) is 4.91. The number of ether oxygens (including phenoxy) is 1. The van der Waals surface area contributed by atoms with Crippen LogP contribution in [0.1, 0.15) is 65.2 Å². The van der Waals surface area contributed by atoms with Gasteiger partial charge in [-0.05, 0) is 42.9 Å². The summed E-state index contributed by atoms with van der Waals surface area (Å²) in [6.07, 6.45) is 3.31. The lowest BCUT2D eigenvalue weighted by atomic mass is 9.96. The second-order valence-electron chi connectivity index (χ2n) is 8.82. The zero-order chi connectivity index (χ0) is 22.7. The Hall–Kier alpha value is -2.09. The second kappa shape index (κ2) is 10.0. The van der Waals surface area contributed by atoms with Crippen LogP contribution in [0.4, 0.5) is 4.79 Å². The molecular formula is C23H33BrN4O3. The van der Waals surface area contributed by atoms with Crippen molar-refractivity contribution < 1.29 is 14.3 Å². The molecule has 0 radical (unpaired) electrons.